The molecule has 1 saturated heterocycles. The van der Waals surface area contributed by atoms with Gasteiger partial charge in [-0.3, -0.25) is 24.5 Å². The Hall–Kier alpha value is -2.50. The van der Waals surface area contributed by atoms with Crippen molar-refractivity contribution < 1.29 is 19.2 Å². The van der Waals surface area contributed by atoms with E-state index in [0.717, 1.165) is 5.56 Å². The molecule has 0 saturated carbocycles. The lowest BCUT2D eigenvalue weighted by molar-refractivity contribution is -0.136. The van der Waals surface area contributed by atoms with Crippen LogP contribution in [0.5, 0.6) is 0 Å². The maximum absolute atomic E-state index is 12.4. The van der Waals surface area contributed by atoms with E-state index in [1.165, 1.54) is 11.8 Å². The number of nitrogens with zero attached hydrogens (tertiary/aromatic N) is 1. The van der Waals surface area contributed by atoms with E-state index in [1.807, 2.05) is 0 Å². The Morgan fingerprint density at radius 2 is 2.05 bits per heavy atom. The number of hydrogen-bond acceptors (Lipinski definition) is 4. The third kappa shape index (κ3) is 2.22. The van der Waals surface area contributed by atoms with Gasteiger partial charge < -0.3 is 4.90 Å². The fourth-order valence-electron chi connectivity index (χ4n) is 2.79. The molecule has 2 heterocycles. The third-order valence-corrected chi connectivity index (χ3v) is 3.93. The maximum atomic E-state index is 12.4. The minimum atomic E-state index is -0.622. The predicted octanol–water partition coefficient (Wildman–Crippen LogP) is 0.650. The minimum absolute atomic E-state index is 0.0651. The van der Waals surface area contributed by atoms with Gasteiger partial charge in [-0.2, -0.15) is 0 Å². The van der Waals surface area contributed by atoms with Crippen LogP contribution in [0, 0.1) is 0 Å². The molecule has 1 atom stereocenters. The first-order valence-corrected chi connectivity index (χ1v) is 6.76. The van der Waals surface area contributed by atoms with Gasteiger partial charge in [0.1, 0.15) is 6.04 Å². The number of hydrogen-bond donors (Lipinski definition) is 1. The van der Waals surface area contributed by atoms with E-state index in [1.54, 1.807) is 18.2 Å². The highest BCUT2D eigenvalue weighted by atomic mass is 16.2. The van der Waals surface area contributed by atoms with Gasteiger partial charge in [-0.1, -0.05) is 6.07 Å². The average molecular weight is 286 g/mol. The van der Waals surface area contributed by atoms with Crippen molar-refractivity contribution in [2.24, 2.45) is 0 Å². The number of ketones is 1. The van der Waals surface area contributed by atoms with Crippen LogP contribution in [-0.2, 0) is 16.1 Å². The largest absolute Gasteiger partial charge is 0.322 e. The van der Waals surface area contributed by atoms with Crippen LogP contribution >= 0.6 is 0 Å². The molecule has 0 aliphatic carbocycles. The number of piperidine rings is 1. The molecule has 1 N–H and O–H groups in total. The van der Waals surface area contributed by atoms with E-state index in [9.17, 15) is 19.2 Å². The molecule has 6 nitrogen and oxygen atoms in total. The number of carbonyl (C=O) groups is 4. The molecule has 2 aliphatic heterocycles. The zero-order valence-electron chi connectivity index (χ0n) is 11.5. The number of benzene rings is 1. The molecule has 6 heteroatoms. The number of rotatable bonds is 2. The summed E-state index contributed by atoms with van der Waals surface area (Å²) in [4.78, 5) is 48.3. The van der Waals surface area contributed by atoms with Crippen molar-refractivity contribution in [3.63, 3.8) is 0 Å². The van der Waals surface area contributed by atoms with E-state index in [0.29, 0.717) is 24.1 Å². The van der Waals surface area contributed by atoms with Crippen molar-refractivity contribution in [3.8, 4) is 0 Å². The Labute approximate surface area is 121 Å². The van der Waals surface area contributed by atoms with Crippen LogP contribution in [0.1, 0.15) is 46.0 Å². The third-order valence-electron chi connectivity index (χ3n) is 3.93. The number of carbonyl (C=O) groups excluding carboxylic acids is 4. The van der Waals surface area contributed by atoms with Crippen molar-refractivity contribution in [1.82, 2.24) is 10.2 Å². The van der Waals surface area contributed by atoms with Crippen molar-refractivity contribution in [1.29, 1.82) is 0 Å². The Morgan fingerprint density at radius 3 is 2.71 bits per heavy atom. The highest BCUT2D eigenvalue weighted by Gasteiger charge is 2.39. The second-order valence-corrected chi connectivity index (χ2v) is 5.33. The highest BCUT2D eigenvalue weighted by molar-refractivity contribution is 6.06. The zero-order valence-corrected chi connectivity index (χ0v) is 11.5. The lowest BCUT2D eigenvalue weighted by Gasteiger charge is -2.29. The molecular formula is C15H14N2O4. The standard InChI is InChI=1S/C15H14N2O4/c1-8(18)9-2-3-11-10(6-9)7-17(15(11)21)12-4-5-13(19)16-14(12)20/h2-3,6,12H,4-5,7H2,1H3,(H,16,19,20). The maximum Gasteiger partial charge on any atom is 0.255 e. The van der Waals surface area contributed by atoms with Crippen molar-refractivity contribution in [2.75, 3.05) is 0 Å². The summed E-state index contributed by atoms with van der Waals surface area (Å²) in [7, 11) is 0. The van der Waals surface area contributed by atoms with Crippen molar-refractivity contribution in [2.45, 2.75) is 32.4 Å². The molecular weight excluding hydrogens is 272 g/mol. The summed E-state index contributed by atoms with van der Waals surface area (Å²) in [6.45, 7) is 1.76. The first-order chi connectivity index (χ1) is 9.97. The molecule has 3 amide bonds. The molecule has 3 rings (SSSR count). The Bertz CT molecular complexity index is 680. The van der Waals surface area contributed by atoms with Gasteiger partial charge in [0.05, 0.1) is 0 Å². The number of nitrogens with one attached hydrogen (secondary N) is 1. The number of imide groups is 1. The lowest BCUT2D eigenvalue weighted by atomic mass is 10.0. The zero-order chi connectivity index (χ0) is 15.1. The summed E-state index contributed by atoms with van der Waals surface area (Å²) >= 11 is 0. The molecule has 108 valence electrons. The Balaban J connectivity index is 1.88. The molecule has 0 aromatic heterocycles. The van der Waals surface area contributed by atoms with E-state index in [4.69, 9.17) is 0 Å². The summed E-state index contributed by atoms with van der Waals surface area (Å²) in [5.74, 6) is -1.03. The predicted molar refractivity (Wildman–Crippen MR) is 72.5 cm³/mol. The highest BCUT2D eigenvalue weighted by Crippen LogP contribution is 2.28. The van der Waals surface area contributed by atoms with Gasteiger partial charge in [0, 0.05) is 24.1 Å². The Kier molecular flexibility index (Phi) is 3.08. The fourth-order valence-corrected chi connectivity index (χ4v) is 2.79. The van der Waals surface area contributed by atoms with E-state index >= 15 is 0 Å². The first-order valence-electron chi connectivity index (χ1n) is 6.76. The molecule has 0 bridgehead atoms. The number of Topliss-reactive ketones (excluding diaryl/α,β-unsaturated/α-hetero) is 1. The average Bonchev–Trinajstić information content (AvgIpc) is 2.75. The van der Waals surface area contributed by atoms with Crippen LogP contribution in [0.2, 0.25) is 0 Å². The summed E-state index contributed by atoms with van der Waals surface area (Å²) in [5.41, 5.74) is 1.81. The SMILES string of the molecule is CC(=O)c1ccc2c(c1)CN(C1CCC(=O)NC1=O)C2=O. The minimum Gasteiger partial charge on any atom is -0.322 e. The normalized spacial score (nSPS) is 21.3. The van der Waals surface area contributed by atoms with Gasteiger partial charge in [-0.15, -0.1) is 0 Å². The van der Waals surface area contributed by atoms with Crippen LogP contribution in [-0.4, -0.2) is 34.4 Å². The van der Waals surface area contributed by atoms with Crippen LogP contribution < -0.4 is 5.32 Å². The molecule has 0 spiro atoms. The van der Waals surface area contributed by atoms with Crippen LogP contribution in [0.25, 0.3) is 0 Å². The molecule has 21 heavy (non-hydrogen) atoms. The molecule has 1 unspecified atom stereocenters. The second-order valence-electron chi connectivity index (χ2n) is 5.33. The van der Waals surface area contributed by atoms with Crippen LogP contribution in [0.4, 0.5) is 0 Å². The first kappa shape index (κ1) is 13.5. The van der Waals surface area contributed by atoms with Gasteiger partial charge in [-0.05, 0) is 31.0 Å². The number of fused-ring (bicyclic) bond motifs is 1. The quantitative estimate of drug-likeness (QED) is 0.639. The second kappa shape index (κ2) is 4.80. The van der Waals surface area contributed by atoms with Gasteiger partial charge in [0.25, 0.3) is 5.91 Å². The summed E-state index contributed by atoms with van der Waals surface area (Å²) < 4.78 is 0. The van der Waals surface area contributed by atoms with Crippen LogP contribution in [0.3, 0.4) is 0 Å². The molecule has 2 aliphatic rings. The summed E-state index contributed by atoms with van der Waals surface area (Å²) in [6.07, 6.45) is 0.569. The topological polar surface area (TPSA) is 83.6 Å². The molecule has 1 aromatic carbocycles. The van der Waals surface area contributed by atoms with Crippen molar-refractivity contribution in [3.05, 3.63) is 34.9 Å². The van der Waals surface area contributed by atoms with Gasteiger partial charge >= 0.3 is 0 Å². The smallest absolute Gasteiger partial charge is 0.255 e. The van der Waals surface area contributed by atoms with Crippen LogP contribution in [0.15, 0.2) is 18.2 Å². The molecule has 0 radical (unpaired) electrons. The van der Waals surface area contributed by atoms with Gasteiger partial charge in [0.15, 0.2) is 5.78 Å². The summed E-state index contributed by atoms with van der Waals surface area (Å²) in [6, 6.07) is 4.32. The molecule has 1 fully saturated rings. The monoisotopic (exact) mass is 286 g/mol. The van der Waals surface area contributed by atoms with Gasteiger partial charge in [0.2, 0.25) is 11.8 Å². The van der Waals surface area contributed by atoms with E-state index in [2.05, 4.69) is 5.32 Å². The Morgan fingerprint density at radius 1 is 1.29 bits per heavy atom. The lowest BCUT2D eigenvalue weighted by Crippen LogP contribution is -2.52. The van der Waals surface area contributed by atoms with E-state index in [-0.39, 0.29) is 24.0 Å². The van der Waals surface area contributed by atoms with E-state index < -0.39 is 11.9 Å². The number of amides is 3. The van der Waals surface area contributed by atoms with Crippen molar-refractivity contribution >= 4 is 23.5 Å². The molecule has 1 aromatic rings. The van der Waals surface area contributed by atoms with Gasteiger partial charge in [-0.25, -0.2) is 0 Å². The fraction of sp³-hybridized carbons (Fsp3) is 0.333. The summed E-state index contributed by atoms with van der Waals surface area (Å²) in [5, 5.41) is 2.26.